The van der Waals surface area contributed by atoms with Gasteiger partial charge in [-0.1, -0.05) is 12.2 Å². The lowest BCUT2D eigenvalue weighted by atomic mass is 9.93. The van der Waals surface area contributed by atoms with Crippen LogP contribution in [-0.4, -0.2) is 19.0 Å². The van der Waals surface area contributed by atoms with Gasteiger partial charge in [-0.25, -0.2) is 0 Å². The van der Waals surface area contributed by atoms with E-state index < -0.39 is 0 Å². The predicted molar refractivity (Wildman–Crippen MR) is 51.4 cm³/mol. The van der Waals surface area contributed by atoms with Crippen molar-refractivity contribution >= 4 is 0 Å². The molecule has 74 valence electrons. The van der Waals surface area contributed by atoms with Gasteiger partial charge >= 0.3 is 0 Å². The fourth-order valence-electron chi connectivity index (χ4n) is 2.00. The van der Waals surface area contributed by atoms with Crippen LogP contribution in [-0.2, 0) is 9.47 Å². The molecule has 1 heterocycles. The van der Waals surface area contributed by atoms with Crippen molar-refractivity contribution in [2.24, 2.45) is 5.92 Å². The minimum atomic E-state index is 0.0636. The standard InChI is InChI=1S/C11H18O2/c1-9-7-8-12-11(13-9)10-5-3-2-4-6-10/h2-3,9-11H,4-8H2,1H3. The predicted octanol–water partition coefficient (Wildman–Crippen LogP) is 2.49. The summed E-state index contributed by atoms with van der Waals surface area (Å²) in [4.78, 5) is 0. The van der Waals surface area contributed by atoms with Gasteiger partial charge in [0.1, 0.15) is 0 Å². The van der Waals surface area contributed by atoms with E-state index >= 15 is 0 Å². The molecule has 1 saturated heterocycles. The molecule has 2 heteroatoms. The zero-order valence-electron chi connectivity index (χ0n) is 8.24. The first-order chi connectivity index (χ1) is 6.36. The highest BCUT2D eigenvalue weighted by molar-refractivity contribution is 4.91. The smallest absolute Gasteiger partial charge is 0.161 e. The summed E-state index contributed by atoms with van der Waals surface area (Å²) < 4.78 is 11.4. The summed E-state index contributed by atoms with van der Waals surface area (Å²) in [6.45, 7) is 3.00. The van der Waals surface area contributed by atoms with Gasteiger partial charge in [-0.05, 0) is 32.6 Å². The highest BCUT2D eigenvalue weighted by Gasteiger charge is 2.27. The van der Waals surface area contributed by atoms with Gasteiger partial charge in [0.2, 0.25) is 0 Å². The van der Waals surface area contributed by atoms with Gasteiger partial charge in [0, 0.05) is 5.92 Å². The van der Waals surface area contributed by atoms with Crippen LogP contribution in [0.25, 0.3) is 0 Å². The summed E-state index contributed by atoms with van der Waals surface area (Å²) >= 11 is 0. The first-order valence-corrected chi connectivity index (χ1v) is 5.28. The second-order valence-electron chi connectivity index (χ2n) is 4.02. The molecule has 2 rings (SSSR count). The number of hydrogen-bond donors (Lipinski definition) is 0. The molecule has 13 heavy (non-hydrogen) atoms. The molecule has 1 fully saturated rings. The zero-order valence-corrected chi connectivity index (χ0v) is 8.24. The van der Waals surface area contributed by atoms with Crippen LogP contribution in [0.3, 0.4) is 0 Å². The molecule has 0 radical (unpaired) electrons. The Kier molecular flexibility index (Phi) is 3.01. The van der Waals surface area contributed by atoms with Crippen LogP contribution >= 0.6 is 0 Å². The third-order valence-corrected chi connectivity index (χ3v) is 2.87. The lowest BCUT2D eigenvalue weighted by Gasteiger charge is -2.34. The van der Waals surface area contributed by atoms with Crippen molar-refractivity contribution in [3.8, 4) is 0 Å². The quantitative estimate of drug-likeness (QED) is 0.580. The van der Waals surface area contributed by atoms with E-state index in [1.54, 1.807) is 0 Å². The molecule has 2 aliphatic rings. The normalized spacial score (nSPS) is 40.5. The highest BCUT2D eigenvalue weighted by Crippen LogP contribution is 2.27. The Balaban J connectivity index is 1.88. The van der Waals surface area contributed by atoms with Crippen molar-refractivity contribution in [2.45, 2.75) is 45.0 Å². The van der Waals surface area contributed by atoms with Crippen LogP contribution in [0.1, 0.15) is 32.6 Å². The fraction of sp³-hybridized carbons (Fsp3) is 0.818. The maximum atomic E-state index is 5.77. The molecule has 3 atom stereocenters. The Labute approximate surface area is 79.9 Å². The summed E-state index contributed by atoms with van der Waals surface area (Å²) in [5, 5.41) is 0. The first kappa shape index (κ1) is 9.22. The Hall–Kier alpha value is -0.340. The van der Waals surface area contributed by atoms with Crippen molar-refractivity contribution < 1.29 is 9.47 Å². The lowest BCUT2D eigenvalue weighted by Crippen LogP contribution is -2.36. The molecule has 0 aromatic rings. The van der Waals surface area contributed by atoms with Gasteiger partial charge < -0.3 is 9.47 Å². The van der Waals surface area contributed by atoms with Gasteiger partial charge in [0.25, 0.3) is 0 Å². The summed E-state index contributed by atoms with van der Waals surface area (Å²) in [7, 11) is 0. The summed E-state index contributed by atoms with van der Waals surface area (Å²) in [6.07, 6.45) is 9.51. The van der Waals surface area contributed by atoms with E-state index in [9.17, 15) is 0 Å². The van der Waals surface area contributed by atoms with E-state index in [4.69, 9.17) is 9.47 Å². The molecule has 0 aromatic carbocycles. The summed E-state index contributed by atoms with van der Waals surface area (Å²) in [5.41, 5.74) is 0. The second-order valence-corrected chi connectivity index (χ2v) is 4.02. The van der Waals surface area contributed by atoms with Gasteiger partial charge in [-0.15, -0.1) is 0 Å². The van der Waals surface area contributed by atoms with Crippen molar-refractivity contribution in [1.29, 1.82) is 0 Å². The monoisotopic (exact) mass is 182 g/mol. The van der Waals surface area contributed by atoms with Crippen molar-refractivity contribution in [3.05, 3.63) is 12.2 Å². The molecular formula is C11H18O2. The van der Waals surface area contributed by atoms with Crippen molar-refractivity contribution in [3.63, 3.8) is 0 Å². The third-order valence-electron chi connectivity index (χ3n) is 2.87. The first-order valence-electron chi connectivity index (χ1n) is 5.28. The average molecular weight is 182 g/mol. The molecule has 1 aliphatic carbocycles. The Morgan fingerprint density at radius 1 is 1.23 bits per heavy atom. The van der Waals surface area contributed by atoms with Crippen LogP contribution in [0.4, 0.5) is 0 Å². The molecule has 0 saturated carbocycles. The molecular weight excluding hydrogens is 164 g/mol. The van der Waals surface area contributed by atoms with Crippen molar-refractivity contribution in [2.75, 3.05) is 6.61 Å². The summed E-state index contributed by atoms with van der Waals surface area (Å²) in [5.74, 6) is 0.591. The van der Waals surface area contributed by atoms with Gasteiger partial charge in [-0.3, -0.25) is 0 Å². The van der Waals surface area contributed by atoms with Crippen LogP contribution in [0, 0.1) is 5.92 Å². The number of allylic oxidation sites excluding steroid dienone is 2. The molecule has 1 aliphatic heterocycles. The SMILES string of the molecule is CC1CCOC(C2CC=CCC2)O1. The van der Waals surface area contributed by atoms with E-state index in [0.29, 0.717) is 12.0 Å². The molecule has 3 unspecified atom stereocenters. The number of hydrogen-bond acceptors (Lipinski definition) is 2. The van der Waals surface area contributed by atoms with Crippen molar-refractivity contribution in [1.82, 2.24) is 0 Å². The topological polar surface area (TPSA) is 18.5 Å². The second kappa shape index (κ2) is 4.25. The van der Waals surface area contributed by atoms with Crippen LogP contribution in [0.15, 0.2) is 12.2 Å². The Bertz CT molecular complexity index is 189. The average Bonchev–Trinajstić information content (AvgIpc) is 2.19. The molecule has 0 aromatic heterocycles. The van der Waals surface area contributed by atoms with Gasteiger partial charge in [0.15, 0.2) is 6.29 Å². The fourth-order valence-corrected chi connectivity index (χ4v) is 2.00. The van der Waals surface area contributed by atoms with E-state index in [0.717, 1.165) is 19.4 Å². The minimum absolute atomic E-state index is 0.0636. The molecule has 2 nitrogen and oxygen atoms in total. The van der Waals surface area contributed by atoms with Gasteiger partial charge in [-0.2, -0.15) is 0 Å². The number of rotatable bonds is 1. The lowest BCUT2D eigenvalue weighted by molar-refractivity contribution is -0.232. The third kappa shape index (κ3) is 2.32. The van der Waals surface area contributed by atoms with Crippen LogP contribution in [0.2, 0.25) is 0 Å². The Morgan fingerprint density at radius 2 is 2.15 bits per heavy atom. The van der Waals surface area contributed by atoms with E-state index in [2.05, 4.69) is 19.1 Å². The van der Waals surface area contributed by atoms with E-state index in [-0.39, 0.29) is 6.29 Å². The molecule has 0 bridgehead atoms. The van der Waals surface area contributed by atoms with Gasteiger partial charge in [0.05, 0.1) is 12.7 Å². The maximum Gasteiger partial charge on any atom is 0.161 e. The van der Waals surface area contributed by atoms with E-state index in [1.807, 2.05) is 0 Å². The summed E-state index contributed by atoms with van der Waals surface area (Å²) in [6, 6.07) is 0. The molecule has 0 amide bonds. The van der Waals surface area contributed by atoms with Crippen LogP contribution in [0.5, 0.6) is 0 Å². The van der Waals surface area contributed by atoms with Crippen LogP contribution < -0.4 is 0 Å². The Morgan fingerprint density at radius 3 is 2.85 bits per heavy atom. The number of ether oxygens (including phenoxy) is 2. The maximum absolute atomic E-state index is 5.77. The zero-order chi connectivity index (χ0) is 9.10. The molecule has 0 N–H and O–H groups in total. The molecule has 0 spiro atoms. The highest BCUT2D eigenvalue weighted by atomic mass is 16.7. The van der Waals surface area contributed by atoms with E-state index in [1.165, 1.54) is 12.8 Å². The minimum Gasteiger partial charge on any atom is -0.352 e. The largest absolute Gasteiger partial charge is 0.352 e.